The molecule has 54 heavy (non-hydrogen) atoms. The first kappa shape index (κ1) is 51.6. The van der Waals surface area contributed by atoms with Crippen LogP contribution in [0.3, 0.4) is 0 Å². The molecule has 0 aliphatic carbocycles. The van der Waals surface area contributed by atoms with Gasteiger partial charge < -0.3 is 20.3 Å². The lowest BCUT2D eigenvalue weighted by Crippen LogP contribution is -2.46. The van der Waals surface area contributed by atoms with Gasteiger partial charge >= 0.3 is 5.97 Å². The molecule has 0 aromatic rings. The van der Waals surface area contributed by atoms with Crippen molar-refractivity contribution in [3.05, 3.63) is 60.8 Å². The molecule has 6 nitrogen and oxygen atoms in total. The minimum absolute atomic E-state index is 0.0304. The van der Waals surface area contributed by atoms with Crippen molar-refractivity contribution < 1.29 is 24.5 Å². The van der Waals surface area contributed by atoms with Crippen molar-refractivity contribution in [2.75, 3.05) is 6.61 Å². The van der Waals surface area contributed by atoms with E-state index in [-0.39, 0.29) is 31.3 Å². The fourth-order valence-electron chi connectivity index (χ4n) is 6.48. The van der Waals surface area contributed by atoms with Crippen LogP contribution in [0.4, 0.5) is 0 Å². The van der Waals surface area contributed by atoms with Crippen LogP contribution in [0.1, 0.15) is 207 Å². The van der Waals surface area contributed by atoms with Gasteiger partial charge in [0.25, 0.3) is 0 Å². The van der Waals surface area contributed by atoms with Crippen molar-refractivity contribution in [2.45, 2.75) is 225 Å². The molecule has 1 amide bonds. The van der Waals surface area contributed by atoms with E-state index in [0.717, 1.165) is 64.2 Å². The molecule has 0 aliphatic rings. The van der Waals surface area contributed by atoms with Crippen molar-refractivity contribution in [2.24, 2.45) is 0 Å². The molecule has 0 aromatic heterocycles. The molecule has 0 bridgehead atoms. The van der Waals surface area contributed by atoms with Gasteiger partial charge in [-0.1, -0.05) is 191 Å². The quantitative estimate of drug-likeness (QED) is 0.0251. The van der Waals surface area contributed by atoms with E-state index in [9.17, 15) is 19.8 Å². The normalized spacial score (nSPS) is 13.9. The minimum Gasteiger partial charge on any atom is -0.462 e. The van der Waals surface area contributed by atoms with E-state index < -0.39 is 18.2 Å². The summed E-state index contributed by atoms with van der Waals surface area (Å²) in [5.41, 5.74) is 0. The van der Waals surface area contributed by atoms with Crippen LogP contribution in [0.15, 0.2) is 60.8 Å². The Kier molecular flexibility index (Phi) is 39.8. The predicted octanol–water partition coefficient (Wildman–Crippen LogP) is 12.9. The lowest BCUT2D eigenvalue weighted by Gasteiger charge is -2.24. The summed E-state index contributed by atoms with van der Waals surface area (Å²) in [4.78, 5) is 25.9. The summed E-state index contributed by atoms with van der Waals surface area (Å²) < 4.78 is 5.84. The van der Waals surface area contributed by atoms with Gasteiger partial charge in [-0.25, -0.2) is 0 Å². The highest BCUT2D eigenvalue weighted by Crippen LogP contribution is 2.16. The number of allylic oxidation sites excluding steroid dienone is 10. The second-order valence-electron chi connectivity index (χ2n) is 15.1. The van der Waals surface area contributed by atoms with Crippen molar-refractivity contribution in [1.29, 1.82) is 0 Å². The maximum absolute atomic E-state index is 13.1. The standard InChI is InChI=1S/C48H85NO5/c1-4-7-10-13-16-19-22-23-26-29-32-35-38-41-48(53)54-44(39-36-33-30-27-24-20-17-14-11-8-5-2)42-47(52)49-45(43-50)46(51)40-37-34-31-28-25-21-18-15-12-9-6-3/h8,11,14,17,20,23-24,26,32,35,44-46,50-51H,4-7,9-10,12-13,15-16,18-19,21-22,25,27-31,33-34,36-43H2,1-3H3,(H,49,52)/b11-8+,17-14+,24-20-,26-23-,35-32+. The third-order valence-electron chi connectivity index (χ3n) is 9.91. The molecule has 3 unspecified atom stereocenters. The molecule has 3 N–H and O–H groups in total. The Balaban J connectivity index is 4.71. The molecular formula is C48H85NO5. The molecule has 0 heterocycles. The monoisotopic (exact) mass is 756 g/mol. The number of hydrogen-bond donors (Lipinski definition) is 3. The fraction of sp³-hybridized carbons (Fsp3) is 0.750. The summed E-state index contributed by atoms with van der Waals surface area (Å²) in [6.45, 7) is 6.28. The van der Waals surface area contributed by atoms with E-state index in [1.54, 1.807) is 0 Å². The Labute approximate surface area is 333 Å². The number of nitrogens with one attached hydrogen (secondary N) is 1. The van der Waals surface area contributed by atoms with E-state index in [1.807, 2.05) is 18.2 Å². The van der Waals surface area contributed by atoms with Gasteiger partial charge in [-0.15, -0.1) is 0 Å². The molecule has 0 fully saturated rings. The van der Waals surface area contributed by atoms with Crippen molar-refractivity contribution in [1.82, 2.24) is 5.32 Å². The zero-order chi connectivity index (χ0) is 39.6. The van der Waals surface area contributed by atoms with E-state index in [4.69, 9.17) is 4.74 Å². The van der Waals surface area contributed by atoms with Crippen LogP contribution in [0, 0.1) is 0 Å². The number of unbranched alkanes of at least 4 members (excludes halogenated alkanes) is 19. The zero-order valence-electron chi connectivity index (χ0n) is 35.3. The molecule has 0 aromatic carbocycles. The van der Waals surface area contributed by atoms with Crippen LogP contribution >= 0.6 is 0 Å². The van der Waals surface area contributed by atoms with Gasteiger partial charge in [0.2, 0.25) is 5.91 Å². The van der Waals surface area contributed by atoms with Crippen LogP contribution in [0.5, 0.6) is 0 Å². The smallest absolute Gasteiger partial charge is 0.306 e. The summed E-state index contributed by atoms with van der Waals surface area (Å²) in [5, 5.41) is 23.6. The molecule has 0 saturated carbocycles. The summed E-state index contributed by atoms with van der Waals surface area (Å²) in [6.07, 6.45) is 50.1. The molecule has 0 aliphatic heterocycles. The van der Waals surface area contributed by atoms with Crippen molar-refractivity contribution in [3.8, 4) is 0 Å². The highest BCUT2D eigenvalue weighted by atomic mass is 16.5. The fourth-order valence-corrected chi connectivity index (χ4v) is 6.48. The average molecular weight is 756 g/mol. The van der Waals surface area contributed by atoms with Crippen LogP contribution in [0.2, 0.25) is 0 Å². The van der Waals surface area contributed by atoms with Crippen LogP contribution in [-0.2, 0) is 14.3 Å². The largest absolute Gasteiger partial charge is 0.462 e. The van der Waals surface area contributed by atoms with Gasteiger partial charge in [0.05, 0.1) is 25.2 Å². The van der Waals surface area contributed by atoms with Gasteiger partial charge in [-0.05, 0) is 64.2 Å². The van der Waals surface area contributed by atoms with Gasteiger partial charge in [0.1, 0.15) is 6.10 Å². The number of esters is 1. The van der Waals surface area contributed by atoms with Gasteiger partial charge in [0, 0.05) is 6.42 Å². The topological polar surface area (TPSA) is 95.9 Å². The second kappa shape index (κ2) is 41.7. The Morgan fingerprint density at radius 3 is 1.67 bits per heavy atom. The first-order valence-electron chi connectivity index (χ1n) is 22.5. The Hall–Kier alpha value is -2.44. The molecule has 312 valence electrons. The maximum atomic E-state index is 13.1. The number of hydrogen-bond acceptors (Lipinski definition) is 5. The molecule has 0 spiro atoms. The number of carbonyl (C=O) groups excluding carboxylic acids is 2. The Bertz CT molecular complexity index is 984. The highest BCUT2D eigenvalue weighted by Gasteiger charge is 2.23. The van der Waals surface area contributed by atoms with E-state index in [1.165, 1.54) is 89.9 Å². The lowest BCUT2D eigenvalue weighted by molar-refractivity contribution is -0.150. The molecule has 0 rings (SSSR count). The first-order valence-corrected chi connectivity index (χ1v) is 22.5. The molecule has 0 saturated heterocycles. The number of ether oxygens (including phenoxy) is 1. The Morgan fingerprint density at radius 2 is 1.07 bits per heavy atom. The molecule has 0 radical (unpaired) electrons. The summed E-state index contributed by atoms with van der Waals surface area (Å²) in [7, 11) is 0. The first-order chi connectivity index (χ1) is 26.5. The van der Waals surface area contributed by atoms with E-state index in [0.29, 0.717) is 19.3 Å². The van der Waals surface area contributed by atoms with Crippen molar-refractivity contribution >= 4 is 11.9 Å². The van der Waals surface area contributed by atoms with E-state index >= 15 is 0 Å². The van der Waals surface area contributed by atoms with Crippen LogP contribution in [-0.4, -0.2) is 46.9 Å². The third-order valence-corrected chi connectivity index (χ3v) is 9.91. The zero-order valence-corrected chi connectivity index (χ0v) is 35.3. The Morgan fingerprint density at radius 1 is 0.574 bits per heavy atom. The number of aliphatic hydroxyl groups is 2. The van der Waals surface area contributed by atoms with E-state index in [2.05, 4.69) is 68.6 Å². The minimum atomic E-state index is -0.804. The summed E-state index contributed by atoms with van der Waals surface area (Å²) in [5.74, 6) is -0.595. The van der Waals surface area contributed by atoms with Crippen LogP contribution in [0.25, 0.3) is 0 Å². The molecule has 6 heteroatoms. The summed E-state index contributed by atoms with van der Waals surface area (Å²) >= 11 is 0. The van der Waals surface area contributed by atoms with Crippen LogP contribution < -0.4 is 5.32 Å². The third kappa shape index (κ3) is 36.5. The highest BCUT2D eigenvalue weighted by molar-refractivity contribution is 5.77. The van der Waals surface area contributed by atoms with Gasteiger partial charge in [-0.2, -0.15) is 0 Å². The number of rotatable bonds is 39. The second-order valence-corrected chi connectivity index (χ2v) is 15.1. The van der Waals surface area contributed by atoms with Gasteiger partial charge in [-0.3, -0.25) is 9.59 Å². The van der Waals surface area contributed by atoms with Gasteiger partial charge in [0.15, 0.2) is 0 Å². The number of carbonyl (C=O) groups is 2. The average Bonchev–Trinajstić information content (AvgIpc) is 3.16. The SMILES string of the molecule is CC/C=C/C=C/C=C\CCCCCC(CC(=O)NC(CO)C(O)CCCCCCCCCCCCC)OC(=O)CC/C=C/C/C=C\CCCCCCCC. The van der Waals surface area contributed by atoms with Crippen molar-refractivity contribution in [3.63, 3.8) is 0 Å². The maximum Gasteiger partial charge on any atom is 0.306 e. The predicted molar refractivity (Wildman–Crippen MR) is 232 cm³/mol. The number of amides is 1. The lowest BCUT2D eigenvalue weighted by atomic mass is 10.0. The molecular weight excluding hydrogens is 671 g/mol. The number of aliphatic hydroxyl groups excluding tert-OH is 2. The molecule has 3 atom stereocenters. The summed E-state index contributed by atoms with van der Waals surface area (Å²) in [6, 6.07) is -0.722.